The molecule has 1 saturated heterocycles. The molecule has 1 aromatic heterocycles. The lowest BCUT2D eigenvalue weighted by molar-refractivity contribution is -0.131. The van der Waals surface area contributed by atoms with Gasteiger partial charge >= 0.3 is 0 Å². The van der Waals surface area contributed by atoms with Crippen LogP contribution in [0.5, 0.6) is 11.5 Å². The molecule has 0 spiro atoms. The van der Waals surface area contributed by atoms with E-state index in [1.165, 1.54) is 0 Å². The average molecular weight is 358 g/mol. The Morgan fingerprint density at radius 1 is 1.31 bits per heavy atom. The summed E-state index contributed by atoms with van der Waals surface area (Å²) in [6, 6.07) is 7.55. The summed E-state index contributed by atoms with van der Waals surface area (Å²) in [7, 11) is 3.28. The van der Waals surface area contributed by atoms with Gasteiger partial charge in [0.1, 0.15) is 17.0 Å². The number of nitrogens with zero attached hydrogens (tertiary/aromatic N) is 2. The average Bonchev–Trinajstić information content (AvgIpc) is 3.23. The summed E-state index contributed by atoms with van der Waals surface area (Å²) in [5.74, 6) is 1.59. The molecule has 2 aromatic rings. The van der Waals surface area contributed by atoms with Gasteiger partial charge in [0.05, 0.1) is 14.2 Å². The van der Waals surface area contributed by atoms with Crippen LogP contribution < -0.4 is 20.1 Å². The van der Waals surface area contributed by atoms with Crippen LogP contribution in [0.25, 0.3) is 0 Å². The van der Waals surface area contributed by atoms with Gasteiger partial charge in [0.15, 0.2) is 0 Å². The second-order valence-electron chi connectivity index (χ2n) is 6.42. The molecule has 1 aromatic carbocycles. The van der Waals surface area contributed by atoms with E-state index < -0.39 is 5.54 Å². The maximum absolute atomic E-state index is 13.0. The highest BCUT2D eigenvalue weighted by Gasteiger charge is 2.41. The van der Waals surface area contributed by atoms with Gasteiger partial charge in [-0.15, -0.1) is 0 Å². The van der Waals surface area contributed by atoms with Crippen LogP contribution in [-0.2, 0) is 16.8 Å². The monoisotopic (exact) mass is 358 g/mol. The standard InChI is InChI=1S/C19H26N4O3/c1-25-16-4-5-17(26-2)15(14-16)6-10-21-18(24)19(7-11-20-12-8-19)23-13-3-9-22-23/h3-5,9,13-14,20H,6-8,10-12H2,1-2H3,(H,21,24). The summed E-state index contributed by atoms with van der Waals surface area (Å²) >= 11 is 0. The summed E-state index contributed by atoms with van der Waals surface area (Å²) in [4.78, 5) is 13.0. The number of benzene rings is 1. The smallest absolute Gasteiger partial charge is 0.248 e. The zero-order valence-electron chi connectivity index (χ0n) is 15.3. The number of methoxy groups -OCH3 is 2. The Bertz CT molecular complexity index is 724. The highest BCUT2D eigenvalue weighted by molar-refractivity contribution is 5.84. The molecule has 7 nitrogen and oxygen atoms in total. The second-order valence-corrected chi connectivity index (χ2v) is 6.42. The van der Waals surface area contributed by atoms with Crippen molar-refractivity contribution in [2.24, 2.45) is 0 Å². The molecule has 2 N–H and O–H groups in total. The third-order valence-electron chi connectivity index (χ3n) is 4.96. The van der Waals surface area contributed by atoms with Crippen LogP contribution in [0, 0.1) is 0 Å². The summed E-state index contributed by atoms with van der Waals surface area (Å²) in [5, 5.41) is 10.8. The number of hydrogen-bond donors (Lipinski definition) is 2. The number of aromatic nitrogens is 2. The Morgan fingerprint density at radius 2 is 2.12 bits per heavy atom. The maximum Gasteiger partial charge on any atom is 0.248 e. The number of ether oxygens (including phenoxy) is 2. The first kappa shape index (κ1) is 18.3. The maximum atomic E-state index is 13.0. The molecule has 0 bridgehead atoms. The first-order valence-corrected chi connectivity index (χ1v) is 8.89. The SMILES string of the molecule is COc1ccc(OC)c(CCNC(=O)C2(n3cccn3)CCNCC2)c1. The van der Waals surface area contributed by atoms with E-state index in [0.717, 1.165) is 43.0 Å². The van der Waals surface area contributed by atoms with Crippen molar-refractivity contribution in [3.63, 3.8) is 0 Å². The van der Waals surface area contributed by atoms with Gasteiger partial charge in [-0.1, -0.05) is 0 Å². The highest BCUT2D eigenvalue weighted by atomic mass is 16.5. The zero-order valence-corrected chi connectivity index (χ0v) is 15.3. The topological polar surface area (TPSA) is 77.4 Å². The van der Waals surface area contributed by atoms with Crippen LogP contribution in [-0.4, -0.2) is 49.5 Å². The van der Waals surface area contributed by atoms with Crippen molar-refractivity contribution < 1.29 is 14.3 Å². The molecule has 1 aliphatic rings. The molecule has 0 saturated carbocycles. The number of rotatable bonds is 7. The lowest BCUT2D eigenvalue weighted by Gasteiger charge is -2.36. The largest absolute Gasteiger partial charge is 0.497 e. The second kappa shape index (κ2) is 8.23. The Labute approximate surface area is 153 Å². The van der Waals surface area contributed by atoms with Gasteiger partial charge in [0, 0.05) is 18.9 Å². The third kappa shape index (κ3) is 3.67. The minimum Gasteiger partial charge on any atom is -0.497 e. The number of hydrogen-bond acceptors (Lipinski definition) is 5. The summed E-state index contributed by atoms with van der Waals surface area (Å²) in [6.07, 6.45) is 5.71. The summed E-state index contributed by atoms with van der Waals surface area (Å²) < 4.78 is 12.5. The lowest BCUT2D eigenvalue weighted by Crippen LogP contribution is -2.54. The number of piperidine rings is 1. The minimum atomic E-state index is -0.618. The fraction of sp³-hybridized carbons (Fsp3) is 0.474. The molecule has 0 unspecified atom stereocenters. The van der Waals surface area contributed by atoms with E-state index in [9.17, 15) is 4.79 Å². The van der Waals surface area contributed by atoms with Crippen molar-refractivity contribution >= 4 is 5.91 Å². The lowest BCUT2D eigenvalue weighted by atomic mass is 9.87. The molecule has 0 atom stereocenters. The molecule has 1 amide bonds. The first-order valence-electron chi connectivity index (χ1n) is 8.89. The number of carbonyl (C=O) groups excluding carboxylic acids is 1. The van der Waals surface area contributed by atoms with Crippen LogP contribution in [0.1, 0.15) is 18.4 Å². The summed E-state index contributed by atoms with van der Waals surface area (Å²) in [5.41, 5.74) is 0.387. The van der Waals surface area contributed by atoms with E-state index >= 15 is 0 Å². The van der Waals surface area contributed by atoms with E-state index in [4.69, 9.17) is 9.47 Å². The van der Waals surface area contributed by atoms with E-state index in [2.05, 4.69) is 15.7 Å². The van der Waals surface area contributed by atoms with Gasteiger partial charge in [-0.05, 0) is 62.2 Å². The Kier molecular flexibility index (Phi) is 5.78. The molecule has 26 heavy (non-hydrogen) atoms. The van der Waals surface area contributed by atoms with Gasteiger partial charge in [0.2, 0.25) is 5.91 Å². The molecular formula is C19H26N4O3. The molecule has 7 heteroatoms. The van der Waals surface area contributed by atoms with Crippen LogP contribution >= 0.6 is 0 Å². The third-order valence-corrected chi connectivity index (χ3v) is 4.96. The van der Waals surface area contributed by atoms with Crippen molar-refractivity contribution in [2.45, 2.75) is 24.8 Å². The minimum absolute atomic E-state index is 0.0181. The highest BCUT2D eigenvalue weighted by Crippen LogP contribution is 2.27. The van der Waals surface area contributed by atoms with Gasteiger partial charge in [-0.2, -0.15) is 5.10 Å². The van der Waals surface area contributed by atoms with Crippen molar-refractivity contribution in [2.75, 3.05) is 33.9 Å². The number of carbonyl (C=O) groups is 1. The normalized spacial score (nSPS) is 16.1. The van der Waals surface area contributed by atoms with Gasteiger partial charge in [0.25, 0.3) is 0 Å². The summed E-state index contributed by atoms with van der Waals surface area (Å²) in [6.45, 7) is 2.13. The quantitative estimate of drug-likeness (QED) is 0.781. The number of nitrogens with one attached hydrogen (secondary N) is 2. The van der Waals surface area contributed by atoms with Crippen molar-refractivity contribution in [3.05, 3.63) is 42.2 Å². The van der Waals surface area contributed by atoms with Crippen molar-refractivity contribution in [1.29, 1.82) is 0 Å². The molecule has 0 aliphatic carbocycles. The Hall–Kier alpha value is -2.54. The van der Waals surface area contributed by atoms with Gasteiger partial charge < -0.3 is 20.1 Å². The van der Waals surface area contributed by atoms with Crippen molar-refractivity contribution in [1.82, 2.24) is 20.4 Å². The fourth-order valence-electron chi connectivity index (χ4n) is 3.48. The molecule has 0 radical (unpaired) electrons. The van der Waals surface area contributed by atoms with Crippen LogP contribution in [0.3, 0.4) is 0 Å². The van der Waals surface area contributed by atoms with E-state index in [-0.39, 0.29) is 5.91 Å². The molecule has 3 rings (SSSR count). The van der Waals surface area contributed by atoms with Crippen LogP contribution in [0.15, 0.2) is 36.7 Å². The van der Waals surface area contributed by atoms with E-state index in [0.29, 0.717) is 13.0 Å². The molecule has 2 heterocycles. The number of amides is 1. The Balaban J connectivity index is 1.68. The molecule has 1 aliphatic heterocycles. The molecular weight excluding hydrogens is 332 g/mol. The zero-order chi connectivity index (χ0) is 18.4. The van der Waals surface area contributed by atoms with Gasteiger partial charge in [-0.3, -0.25) is 9.48 Å². The van der Waals surface area contributed by atoms with Crippen LogP contribution in [0.4, 0.5) is 0 Å². The molecule has 1 fully saturated rings. The molecule has 140 valence electrons. The van der Waals surface area contributed by atoms with Crippen molar-refractivity contribution in [3.8, 4) is 11.5 Å². The fourth-order valence-corrected chi connectivity index (χ4v) is 3.48. The predicted octanol–water partition coefficient (Wildman–Crippen LogP) is 1.34. The first-order chi connectivity index (χ1) is 12.7. The predicted molar refractivity (Wildman–Crippen MR) is 98.6 cm³/mol. The van der Waals surface area contributed by atoms with Gasteiger partial charge in [-0.25, -0.2) is 0 Å². The van der Waals surface area contributed by atoms with E-state index in [1.54, 1.807) is 25.1 Å². The Morgan fingerprint density at radius 3 is 2.77 bits per heavy atom. The van der Waals surface area contributed by atoms with Crippen LogP contribution in [0.2, 0.25) is 0 Å². The van der Waals surface area contributed by atoms with E-state index in [1.807, 2.05) is 30.5 Å².